The molecule has 0 radical (unpaired) electrons. The van der Waals surface area contributed by atoms with Crippen LogP contribution in [0.2, 0.25) is 0 Å². The van der Waals surface area contributed by atoms with E-state index in [1.807, 2.05) is 0 Å². The average molecular weight is 179 g/mol. The van der Waals surface area contributed by atoms with Crippen molar-refractivity contribution in [3.8, 4) is 0 Å². The van der Waals surface area contributed by atoms with E-state index in [0.717, 1.165) is 12.8 Å². The molecule has 0 aliphatic heterocycles. The van der Waals surface area contributed by atoms with Gasteiger partial charge in [-0.1, -0.05) is 0 Å². The lowest BCUT2D eigenvalue weighted by atomic mass is 10.1. The largest absolute Gasteiger partial charge is 0.325 e. The van der Waals surface area contributed by atoms with Crippen molar-refractivity contribution in [2.24, 2.45) is 12.8 Å². The molecule has 1 aromatic rings. The smallest absolute Gasteiger partial charge is 0.184 e. The van der Waals surface area contributed by atoms with E-state index in [9.17, 15) is 4.79 Å². The summed E-state index contributed by atoms with van der Waals surface area (Å²) in [7, 11) is 1.80. The molecule has 0 unspecified atom stereocenters. The Balaban J connectivity index is 2.05. The minimum Gasteiger partial charge on any atom is -0.325 e. The van der Waals surface area contributed by atoms with Crippen molar-refractivity contribution in [3.05, 3.63) is 18.0 Å². The number of carbonyl (C=O) groups excluding carboxylic acids is 1. The van der Waals surface area contributed by atoms with E-state index in [1.54, 1.807) is 24.0 Å². The van der Waals surface area contributed by atoms with Gasteiger partial charge in [0.25, 0.3) is 0 Å². The van der Waals surface area contributed by atoms with Gasteiger partial charge in [-0.15, -0.1) is 0 Å². The highest BCUT2D eigenvalue weighted by Crippen LogP contribution is 2.36. The molecule has 70 valence electrons. The van der Waals surface area contributed by atoms with Crippen LogP contribution in [0.15, 0.2) is 12.3 Å². The van der Waals surface area contributed by atoms with Crippen LogP contribution >= 0.6 is 0 Å². The number of aromatic nitrogens is 2. The summed E-state index contributed by atoms with van der Waals surface area (Å²) in [6, 6.07) is 1.73. The zero-order chi connectivity index (χ0) is 9.47. The summed E-state index contributed by atoms with van der Waals surface area (Å²) in [5, 5.41) is 4.03. The lowest BCUT2D eigenvalue weighted by Gasteiger charge is -2.04. The van der Waals surface area contributed by atoms with Crippen LogP contribution in [0, 0.1) is 0 Å². The Morgan fingerprint density at radius 3 is 2.92 bits per heavy atom. The van der Waals surface area contributed by atoms with Gasteiger partial charge in [-0.3, -0.25) is 9.48 Å². The summed E-state index contributed by atoms with van der Waals surface area (Å²) < 4.78 is 1.63. The monoisotopic (exact) mass is 179 g/mol. The van der Waals surface area contributed by atoms with Crippen LogP contribution in [0.1, 0.15) is 29.8 Å². The third-order valence-corrected chi connectivity index (χ3v) is 2.40. The molecule has 4 nitrogen and oxygen atoms in total. The number of hydrogen-bond donors (Lipinski definition) is 1. The predicted octanol–water partition coefficient (Wildman–Crippen LogP) is 0.484. The molecule has 1 aromatic heterocycles. The second-order valence-electron chi connectivity index (χ2n) is 3.84. The fourth-order valence-corrected chi connectivity index (χ4v) is 1.31. The van der Waals surface area contributed by atoms with Gasteiger partial charge in [0, 0.05) is 25.2 Å². The molecule has 0 aromatic carbocycles. The highest BCUT2D eigenvalue weighted by Gasteiger charge is 2.40. The zero-order valence-electron chi connectivity index (χ0n) is 7.66. The summed E-state index contributed by atoms with van der Waals surface area (Å²) in [5.74, 6) is 0.0561. The Labute approximate surface area is 76.7 Å². The van der Waals surface area contributed by atoms with Gasteiger partial charge in [-0.25, -0.2) is 0 Å². The Bertz CT molecular complexity index is 338. The number of nitrogens with zero attached hydrogens (tertiary/aromatic N) is 2. The average Bonchev–Trinajstić information content (AvgIpc) is 2.62. The molecular formula is C9H13N3O. The van der Waals surface area contributed by atoms with Crippen LogP contribution in [0.4, 0.5) is 0 Å². The molecule has 0 atom stereocenters. The van der Waals surface area contributed by atoms with Gasteiger partial charge in [-0.05, 0) is 18.9 Å². The maximum Gasteiger partial charge on any atom is 0.184 e. The summed E-state index contributed by atoms with van der Waals surface area (Å²) in [5.41, 5.74) is 6.15. The molecule has 0 spiro atoms. The zero-order valence-corrected chi connectivity index (χ0v) is 7.66. The molecule has 1 aliphatic rings. The maximum atomic E-state index is 11.6. The molecule has 1 heterocycles. The number of aryl methyl sites for hydroxylation is 1. The van der Waals surface area contributed by atoms with Crippen LogP contribution in [0.5, 0.6) is 0 Å². The van der Waals surface area contributed by atoms with E-state index < -0.39 is 0 Å². The van der Waals surface area contributed by atoms with E-state index in [1.165, 1.54) is 0 Å². The van der Waals surface area contributed by atoms with E-state index in [-0.39, 0.29) is 11.3 Å². The Hall–Kier alpha value is -1.16. The first-order valence-corrected chi connectivity index (χ1v) is 4.41. The number of carbonyl (C=O) groups is 1. The van der Waals surface area contributed by atoms with Crippen LogP contribution < -0.4 is 5.73 Å². The van der Waals surface area contributed by atoms with Crippen LogP contribution in [-0.4, -0.2) is 21.1 Å². The van der Waals surface area contributed by atoms with Crippen LogP contribution in [-0.2, 0) is 7.05 Å². The maximum absolute atomic E-state index is 11.6. The fraction of sp³-hybridized carbons (Fsp3) is 0.556. The van der Waals surface area contributed by atoms with Crippen molar-refractivity contribution in [1.82, 2.24) is 9.78 Å². The SMILES string of the molecule is Cn1ccc(C(=O)CC2(N)CC2)n1. The van der Waals surface area contributed by atoms with E-state index >= 15 is 0 Å². The Kier molecular flexibility index (Phi) is 1.73. The topological polar surface area (TPSA) is 60.9 Å². The number of nitrogens with two attached hydrogens (primary N) is 1. The van der Waals surface area contributed by atoms with Crippen molar-refractivity contribution in [2.45, 2.75) is 24.8 Å². The second kappa shape index (κ2) is 2.67. The van der Waals surface area contributed by atoms with E-state index in [0.29, 0.717) is 12.1 Å². The third kappa shape index (κ3) is 1.78. The Morgan fingerprint density at radius 2 is 2.46 bits per heavy atom. The third-order valence-electron chi connectivity index (χ3n) is 2.40. The van der Waals surface area contributed by atoms with E-state index in [2.05, 4.69) is 5.10 Å². The van der Waals surface area contributed by atoms with Crippen molar-refractivity contribution in [3.63, 3.8) is 0 Å². The van der Waals surface area contributed by atoms with Gasteiger partial charge in [0.05, 0.1) is 0 Å². The first-order chi connectivity index (χ1) is 6.09. The van der Waals surface area contributed by atoms with Gasteiger partial charge < -0.3 is 5.73 Å². The summed E-state index contributed by atoms with van der Waals surface area (Å²) >= 11 is 0. The second-order valence-corrected chi connectivity index (χ2v) is 3.84. The Morgan fingerprint density at radius 1 is 1.77 bits per heavy atom. The minimum absolute atomic E-state index is 0.0561. The number of ketones is 1. The lowest BCUT2D eigenvalue weighted by molar-refractivity contribution is 0.0965. The van der Waals surface area contributed by atoms with Crippen molar-refractivity contribution in [1.29, 1.82) is 0 Å². The van der Waals surface area contributed by atoms with Gasteiger partial charge in [0.15, 0.2) is 5.78 Å². The summed E-state index contributed by atoms with van der Waals surface area (Å²) in [6.45, 7) is 0. The first kappa shape index (κ1) is 8.44. The molecule has 4 heteroatoms. The number of Topliss-reactive ketones (excluding diaryl/α,β-unsaturated/α-hetero) is 1. The molecule has 1 fully saturated rings. The fourth-order valence-electron chi connectivity index (χ4n) is 1.31. The predicted molar refractivity (Wildman–Crippen MR) is 48.3 cm³/mol. The first-order valence-electron chi connectivity index (χ1n) is 4.41. The van der Waals surface area contributed by atoms with Crippen molar-refractivity contribution in [2.75, 3.05) is 0 Å². The van der Waals surface area contributed by atoms with Gasteiger partial charge in [-0.2, -0.15) is 5.10 Å². The molecule has 0 bridgehead atoms. The number of hydrogen-bond acceptors (Lipinski definition) is 3. The van der Waals surface area contributed by atoms with Crippen LogP contribution in [0.25, 0.3) is 0 Å². The quantitative estimate of drug-likeness (QED) is 0.687. The molecule has 1 aliphatic carbocycles. The molecule has 2 N–H and O–H groups in total. The lowest BCUT2D eigenvalue weighted by Crippen LogP contribution is -2.25. The standard InChI is InChI=1S/C9H13N3O/c1-12-5-2-7(11-12)8(13)6-9(10)3-4-9/h2,5H,3-4,6,10H2,1H3. The van der Waals surface area contributed by atoms with Crippen molar-refractivity contribution >= 4 is 5.78 Å². The van der Waals surface area contributed by atoms with Gasteiger partial charge in [0.1, 0.15) is 5.69 Å². The molecular weight excluding hydrogens is 166 g/mol. The number of rotatable bonds is 3. The van der Waals surface area contributed by atoms with Gasteiger partial charge in [0.2, 0.25) is 0 Å². The molecule has 0 amide bonds. The molecule has 13 heavy (non-hydrogen) atoms. The minimum atomic E-state index is -0.214. The highest BCUT2D eigenvalue weighted by atomic mass is 16.1. The summed E-state index contributed by atoms with van der Waals surface area (Å²) in [4.78, 5) is 11.6. The van der Waals surface area contributed by atoms with E-state index in [4.69, 9.17) is 5.73 Å². The molecule has 2 rings (SSSR count). The molecule has 0 saturated heterocycles. The van der Waals surface area contributed by atoms with Crippen LogP contribution in [0.3, 0.4) is 0 Å². The van der Waals surface area contributed by atoms with Gasteiger partial charge >= 0.3 is 0 Å². The highest BCUT2D eigenvalue weighted by molar-refractivity contribution is 5.95. The molecule has 1 saturated carbocycles. The summed E-state index contributed by atoms with van der Waals surface area (Å²) in [6.07, 6.45) is 4.13. The van der Waals surface area contributed by atoms with Crippen molar-refractivity contribution < 1.29 is 4.79 Å². The normalized spacial score (nSPS) is 18.6.